The second kappa shape index (κ2) is 5.52. The van der Waals surface area contributed by atoms with Crippen LogP contribution in [0.15, 0.2) is 6.20 Å². The molecule has 0 saturated carbocycles. The van der Waals surface area contributed by atoms with Crippen LogP contribution in [0.1, 0.15) is 35.8 Å². The third-order valence-electron chi connectivity index (χ3n) is 3.61. The van der Waals surface area contributed by atoms with Crippen LogP contribution in [-0.4, -0.2) is 40.2 Å². The van der Waals surface area contributed by atoms with Crippen molar-refractivity contribution >= 4 is 5.91 Å². The van der Waals surface area contributed by atoms with Crippen LogP contribution < -0.4 is 5.73 Å². The van der Waals surface area contributed by atoms with Crippen molar-refractivity contribution in [2.24, 2.45) is 18.7 Å². The van der Waals surface area contributed by atoms with E-state index in [9.17, 15) is 4.79 Å². The van der Waals surface area contributed by atoms with Gasteiger partial charge in [0.15, 0.2) is 0 Å². The van der Waals surface area contributed by atoms with Crippen LogP contribution in [-0.2, 0) is 13.5 Å². The molecule has 2 rings (SSSR count). The molecule has 1 aromatic rings. The van der Waals surface area contributed by atoms with Gasteiger partial charge in [0.25, 0.3) is 5.91 Å². The molecule has 1 atom stereocenters. The average molecular weight is 250 g/mol. The van der Waals surface area contributed by atoms with Gasteiger partial charge in [-0.2, -0.15) is 5.10 Å². The van der Waals surface area contributed by atoms with Crippen molar-refractivity contribution in [3.05, 3.63) is 17.5 Å². The molecule has 1 unspecified atom stereocenters. The Hall–Kier alpha value is -1.36. The zero-order chi connectivity index (χ0) is 13.1. The smallest absolute Gasteiger partial charge is 0.257 e. The number of carbonyl (C=O) groups is 1. The molecule has 5 heteroatoms. The maximum Gasteiger partial charge on any atom is 0.257 e. The Bertz CT molecular complexity index is 427. The SMILES string of the molecule is CCc1nn(C)cc1C(=O)N1CCCC(CN)C1. The van der Waals surface area contributed by atoms with Gasteiger partial charge in [-0.3, -0.25) is 9.48 Å². The summed E-state index contributed by atoms with van der Waals surface area (Å²) in [5.74, 6) is 0.558. The second-order valence-corrected chi connectivity index (χ2v) is 5.01. The fraction of sp³-hybridized carbons (Fsp3) is 0.692. The summed E-state index contributed by atoms with van der Waals surface area (Å²) < 4.78 is 1.72. The summed E-state index contributed by atoms with van der Waals surface area (Å²) in [4.78, 5) is 14.4. The summed E-state index contributed by atoms with van der Waals surface area (Å²) >= 11 is 0. The van der Waals surface area contributed by atoms with Crippen molar-refractivity contribution < 1.29 is 4.79 Å². The van der Waals surface area contributed by atoms with Crippen LogP contribution in [0, 0.1) is 5.92 Å². The van der Waals surface area contributed by atoms with Crippen LogP contribution in [0.3, 0.4) is 0 Å². The molecular weight excluding hydrogens is 228 g/mol. The zero-order valence-electron chi connectivity index (χ0n) is 11.2. The quantitative estimate of drug-likeness (QED) is 0.862. The predicted octanol–water partition coefficient (Wildman–Crippen LogP) is 0.793. The number of aryl methyl sites for hydroxylation is 2. The molecular formula is C13H22N4O. The molecule has 1 amide bonds. The number of amides is 1. The first kappa shape index (κ1) is 13.1. The van der Waals surface area contributed by atoms with Gasteiger partial charge in [-0.15, -0.1) is 0 Å². The lowest BCUT2D eigenvalue weighted by atomic mass is 9.97. The van der Waals surface area contributed by atoms with E-state index in [2.05, 4.69) is 5.10 Å². The van der Waals surface area contributed by atoms with Gasteiger partial charge < -0.3 is 10.6 Å². The molecule has 1 aliphatic heterocycles. The molecule has 1 saturated heterocycles. The lowest BCUT2D eigenvalue weighted by Crippen LogP contribution is -2.42. The molecule has 1 aliphatic rings. The number of rotatable bonds is 3. The summed E-state index contributed by atoms with van der Waals surface area (Å²) in [7, 11) is 1.86. The molecule has 0 bridgehead atoms. The Morgan fingerprint density at radius 2 is 2.39 bits per heavy atom. The van der Waals surface area contributed by atoms with Crippen molar-refractivity contribution in [2.45, 2.75) is 26.2 Å². The van der Waals surface area contributed by atoms with E-state index < -0.39 is 0 Å². The Kier molecular flexibility index (Phi) is 4.01. The molecule has 100 valence electrons. The molecule has 0 aliphatic carbocycles. The average Bonchev–Trinajstić information content (AvgIpc) is 2.79. The fourth-order valence-corrected chi connectivity index (χ4v) is 2.59. The minimum absolute atomic E-state index is 0.109. The third-order valence-corrected chi connectivity index (χ3v) is 3.61. The van der Waals surface area contributed by atoms with E-state index in [1.54, 1.807) is 4.68 Å². The second-order valence-electron chi connectivity index (χ2n) is 5.01. The van der Waals surface area contributed by atoms with Gasteiger partial charge in [0.2, 0.25) is 0 Å². The normalized spacial score (nSPS) is 20.2. The van der Waals surface area contributed by atoms with Crippen molar-refractivity contribution in [3.63, 3.8) is 0 Å². The largest absolute Gasteiger partial charge is 0.338 e. The first-order chi connectivity index (χ1) is 8.65. The Morgan fingerprint density at radius 3 is 3.06 bits per heavy atom. The zero-order valence-corrected chi connectivity index (χ0v) is 11.2. The maximum absolute atomic E-state index is 12.5. The van der Waals surface area contributed by atoms with Crippen LogP contribution in [0.4, 0.5) is 0 Å². The number of nitrogens with zero attached hydrogens (tertiary/aromatic N) is 3. The topological polar surface area (TPSA) is 64.2 Å². The number of aromatic nitrogens is 2. The minimum Gasteiger partial charge on any atom is -0.338 e. The summed E-state index contributed by atoms with van der Waals surface area (Å²) in [6.45, 7) is 4.32. The molecule has 0 spiro atoms. The lowest BCUT2D eigenvalue weighted by molar-refractivity contribution is 0.0677. The third kappa shape index (κ3) is 2.56. The minimum atomic E-state index is 0.109. The molecule has 2 N–H and O–H groups in total. The van der Waals surface area contributed by atoms with Gasteiger partial charge in [0, 0.05) is 26.3 Å². The van der Waals surface area contributed by atoms with Gasteiger partial charge >= 0.3 is 0 Å². The predicted molar refractivity (Wildman–Crippen MR) is 70.3 cm³/mol. The molecule has 0 aromatic carbocycles. The van der Waals surface area contributed by atoms with Gasteiger partial charge in [-0.25, -0.2) is 0 Å². The summed E-state index contributed by atoms with van der Waals surface area (Å²) in [5, 5.41) is 4.33. The van der Waals surface area contributed by atoms with E-state index in [4.69, 9.17) is 5.73 Å². The number of hydrogen-bond acceptors (Lipinski definition) is 3. The molecule has 1 aromatic heterocycles. The Morgan fingerprint density at radius 1 is 1.61 bits per heavy atom. The van der Waals surface area contributed by atoms with E-state index in [0.29, 0.717) is 12.5 Å². The van der Waals surface area contributed by atoms with Crippen molar-refractivity contribution in [2.75, 3.05) is 19.6 Å². The number of piperidine rings is 1. The van der Waals surface area contributed by atoms with E-state index in [1.165, 1.54) is 0 Å². The highest BCUT2D eigenvalue weighted by Crippen LogP contribution is 2.19. The Balaban J connectivity index is 2.14. The number of hydrogen-bond donors (Lipinski definition) is 1. The highest BCUT2D eigenvalue weighted by molar-refractivity contribution is 5.95. The first-order valence-corrected chi connectivity index (χ1v) is 6.67. The molecule has 5 nitrogen and oxygen atoms in total. The summed E-state index contributed by atoms with van der Waals surface area (Å²) in [5.41, 5.74) is 7.34. The van der Waals surface area contributed by atoms with Crippen LogP contribution in [0.2, 0.25) is 0 Å². The van der Waals surface area contributed by atoms with E-state index in [-0.39, 0.29) is 5.91 Å². The van der Waals surface area contributed by atoms with Gasteiger partial charge in [0.05, 0.1) is 11.3 Å². The number of carbonyl (C=O) groups excluding carboxylic acids is 1. The summed E-state index contributed by atoms with van der Waals surface area (Å²) in [6.07, 6.45) is 4.80. The molecule has 0 radical (unpaired) electrons. The molecule has 1 fully saturated rings. The Labute approximate surface area is 108 Å². The number of nitrogens with two attached hydrogens (primary N) is 1. The van der Waals surface area contributed by atoms with Crippen LogP contribution >= 0.6 is 0 Å². The van der Waals surface area contributed by atoms with Gasteiger partial charge in [-0.05, 0) is 31.7 Å². The van der Waals surface area contributed by atoms with Crippen molar-refractivity contribution in [1.29, 1.82) is 0 Å². The first-order valence-electron chi connectivity index (χ1n) is 6.67. The molecule has 2 heterocycles. The standard InChI is InChI=1S/C13H22N4O/c1-3-12-11(9-16(2)15-12)13(18)17-6-4-5-10(7-14)8-17/h9-10H,3-8,14H2,1-2H3. The van der Waals surface area contributed by atoms with E-state index in [0.717, 1.165) is 43.6 Å². The van der Waals surface area contributed by atoms with Crippen molar-refractivity contribution in [3.8, 4) is 0 Å². The van der Waals surface area contributed by atoms with Crippen molar-refractivity contribution in [1.82, 2.24) is 14.7 Å². The van der Waals surface area contributed by atoms with Gasteiger partial charge in [-0.1, -0.05) is 6.92 Å². The molecule has 18 heavy (non-hydrogen) atoms. The summed E-state index contributed by atoms with van der Waals surface area (Å²) in [6, 6.07) is 0. The van der Waals surface area contributed by atoms with Crippen LogP contribution in [0.5, 0.6) is 0 Å². The fourth-order valence-electron chi connectivity index (χ4n) is 2.59. The lowest BCUT2D eigenvalue weighted by Gasteiger charge is -2.32. The maximum atomic E-state index is 12.5. The van der Waals surface area contributed by atoms with E-state index >= 15 is 0 Å². The van der Waals surface area contributed by atoms with Crippen LogP contribution in [0.25, 0.3) is 0 Å². The number of likely N-dealkylation sites (tertiary alicyclic amines) is 1. The van der Waals surface area contributed by atoms with E-state index in [1.807, 2.05) is 25.1 Å². The van der Waals surface area contributed by atoms with Gasteiger partial charge in [0.1, 0.15) is 0 Å². The highest BCUT2D eigenvalue weighted by atomic mass is 16.2. The highest BCUT2D eigenvalue weighted by Gasteiger charge is 2.26. The monoisotopic (exact) mass is 250 g/mol.